The maximum absolute atomic E-state index is 13.2. The molecule has 0 spiro atoms. The Morgan fingerprint density at radius 1 is 1.06 bits per heavy atom. The van der Waals surface area contributed by atoms with Gasteiger partial charge in [0.1, 0.15) is 11.8 Å². The number of ether oxygens (including phenoxy) is 1. The van der Waals surface area contributed by atoms with E-state index in [1.54, 1.807) is 11.8 Å². The minimum atomic E-state index is -0.587. The Morgan fingerprint density at radius 3 is 2.41 bits per heavy atom. The van der Waals surface area contributed by atoms with E-state index in [1.807, 2.05) is 56.3 Å². The molecule has 5 nitrogen and oxygen atoms in total. The lowest BCUT2D eigenvalue weighted by molar-refractivity contribution is -0.142. The number of hydrogen-bond acceptors (Lipinski definition) is 3. The first-order chi connectivity index (χ1) is 15.3. The van der Waals surface area contributed by atoms with Crippen molar-refractivity contribution >= 4 is 27.7 Å². The molecule has 3 rings (SSSR count). The zero-order valence-electron chi connectivity index (χ0n) is 19.2. The molecular formula is C26H33BrN2O3. The van der Waals surface area contributed by atoms with Gasteiger partial charge in [-0.2, -0.15) is 0 Å². The highest BCUT2D eigenvalue weighted by molar-refractivity contribution is 9.10. The van der Waals surface area contributed by atoms with Gasteiger partial charge < -0.3 is 15.0 Å². The minimum Gasteiger partial charge on any atom is -0.484 e. The summed E-state index contributed by atoms with van der Waals surface area (Å²) in [4.78, 5) is 27.8. The third kappa shape index (κ3) is 6.83. The van der Waals surface area contributed by atoms with E-state index in [0.29, 0.717) is 12.3 Å². The first-order valence-electron chi connectivity index (χ1n) is 11.4. The number of nitrogens with zero attached hydrogens (tertiary/aromatic N) is 1. The Labute approximate surface area is 199 Å². The van der Waals surface area contributed by atoms with Crippen LogP contribution < -0.4 is 10.1 Å². The molecule has 1 saturated carbocycles. The average molecular weight is 501 g/mol. The van der Waals surface area contributed by atoms with Crippen LogP contribution >= 0.6 is 15.9 Å². The number of benzene rings is 2. The summed E-state index contributed by atoms with van der Waals surface area (Å²) in [5.74, 6) is 0.343. The van der Waals surface area contributed by atoms with Crippen LogP contribution in [0.2, 0.25) is 0 Å². The van der Waals surface area contributed by atoms with Crippen LogP contribution in [0.15, 0.2) is 46.9 Å². The summed E-state index contributed by atoms with van der Waals surface area (Å²) >= 11 is 3.44. The summed E-state index contributed by atoms with van der Waals surface area (Å²) in [7, 11) is 0. The highest BCUT2D eigenvalue weighted by atomic mass is 79.9. The molecule has 2 aromatic carbocycles. The number of carbonyl (C=O) groups excluding carboxylic acids is 2. The van der Waals surface area contributed by atoms with Crippen molar-refractivity contribution in [2.24, 2.45) is 0 Å². The van der Waals surface area contributed by atoms with Crippen molar-refractivity contribution in [1.29, 1.82) is 0 Å². The third-order valence-electron chi connectivity index (χ3n) is 6.23. The molecular weight excluding hydrogens is 468 g/mol. The first-order valence-corrected chi connectivity index (χ1v) is 12.2. The zero-order valence-corrected chi connectivity index (χ0v) is 20.8. The van der Waals surface area contributed by atoms with Gasteiger partial charge >= 0.3 is 0 Å². The summed E-state index contributed by atoms with van der Waals surface area (Å²) in [6.45, 7) is 6.09. The van der Waals surface area contributed by atoms with Crippen LogP contribution in [-0.2, 0) is 16.1 Å². The van der Waals surface area contributed by atoms with Crippen LogP contribution in [-0.4, -0.2) is 35.4 Å². The van der Waals surface area contributed by atoms with Crippen LogP contribution in [0.1, 0.15) is 55.7 Å². The second-order valence-corrected chi connectivity index (χ2v) is 9.62. The van der Waals surface area contributed by atoms with Gasteiger partial charge in [-0.1, -0.05) is 53.4 Å². The van der Waals surface area contributed by atoms with Crippen molar-refractivity contribution in [3.63, 3.8) is 0 Å². The van der Waals surface area contributed by atoms with E-state index in [2.05, 4.69) is 21.2 Å². The zero-order chi connectivity index (χ0) is 23.1. The van der Waals surface area contributed by atoms with Gasteiger partial charge in [0.05, 0.1) is 0 Å². The van der Waals surface area contributed by atoms with E-state index in [9.17, 15) is 9.59 Å². The standard InChI is InChI=1S/C26H33BrN2O3/c1-18-9-14-24(15-19(18)2)32-17-25(30)29(16-21-10-12-22(27)13-11-21)20(3)26(31)28-23-7-5-4-6-8-23/h9-15,20,23H,4-8,16-17H2,1-3H3,(H,28,31)/t20-/m0/s1. The molecule has 6 heteroatoms. The number of aryl methyl sites for hydroxylation is 2. The number of amides is 2. The summed E-state index contributed by atoms with van der Waals surface area (Å²) < 4.78 is 6.76. The molecule has 0 aromatic heterocycles. The lowest BCUT2D eigenvalue weighted by atomic mass is 9.95. The number of nitrogens with one attached hydrogen (secondary N) is 1. The van der Waals surface area contributed by atoms with Gasteiger partial charge in [-0.25, -0.2) is 0 Å². The Balaban J connectivity index is 1.70. The highest BCUT2D eigenvalue weighted by Gasteiger charge is 2.28. The normalized spacial score (nSPS) is 15.1. The first kappa shape index (κ1) is 24.3. The fourth-order valence-corrected chi connectivity index (χ4v) is 4.23. The van der Waals surface area contributed by atoms with E-state index < -0.39 is 6.04 Å². The molecule has 1 fully saturated rings. The molecule has 1 aliphatic carbocycles. The highest BCUT2D eigenvalue weighted by Crippen LogP contribution is 2.20. The summed E-state index contributed by atoms with van der Waals surface area (Å²) in [6, 6.07) is 13.2. The fourth-order valence-electron chi connectivity index (χ4n) is 3.97. The SMILES string of the molecule is Cc1ccc(OCC(=O)N(Cc2ccc(Br)cc2)[C@@H](C)C(=O)NC2CCCCC2)cc1C. The smallest absolute Gasteiger partial charge is 0.261 e. The van der Waals surface area contributed by atoms with Crippen LogP contribution in [0.5, 0.6) is 5.75 Å². The Kier molecular flexibility index (Phi) is 8.74. The Morgan fingerprint density at radius 2 is 1.75 bits per heavy atom. The van der Waals surface area contributed by atoms with Gasteiger partial charge in [-0.05, 0) is 74.6 Å². The van der Waals surface area contributed by atoms with Crippen molar-refractivity contribution < 1.29 is 14.3 Å². The number of halogens is 1. The fraction of sp³-hybridized carbons (Fsp3) is 0.462. The van der Waals surface area contributed by atoms with Gasteiger partial charge in [0.2, 0.25) is 5.91 Å². The maximum atomic E-state index is 13.2. The van der Waals surface area contributed by atoms with E-state index in [-0.39, 0.29) is 24.5 Å². The van der Waals surface area contributed by atoms with Crippen LogP contribution in [0.25, 0.3) is 0 Å². The molecule has 0 heterocycles. The average Bonchev–Trinajstić information content (AvgIpc) is 2.79. The molecule has 32 heavy (non-hydrogen) atoms. The van der Waals surface area contributed by atoms with Gasteiger partial charge in [0.25, 0.3) is 5.91 Å². The maximum Gasteiger partial charge on any atom is 0.261 e. The third-order valence-corrected chi connectivity index (χ3v) is 6.75. The lowest BCUT2D eigenvalue weighted by Crippen LogP contribution is -2.51. The molecule has 2 amide bonds. The number of hydrogen-bond donors (Lipinski definition) is 1. The molecule has 0 radical (unpaired) electrons. The molecule has 1 N–H and O–H groups in total. The van der Waals surface area contributed by atoms with Crippen molar-refractivity contribution in [1.82, 2.24) is 10.2 Å². The summed E-state index contributed by atoms with van der Waals surface area (Å²) in [6.07, 6.45) is 5.53. The van der Waals surface area contributed by atoms with Gasteiger partial charge in [-0.3, -0.25) is 9.59 Å². The molecule has 0 saturated heterocycles. The van der Waals surface area contributed by atoms with E-state index in [4.69, 9.17) is 4.74 Å². The van der Waals surface area contributed by atoms with E-state index in [1.165, 1.54) is 12.0 Å². The van der Waals surface area contributed by atoms with Gasteiger partial charge in [0, 0.05) is 17.1 Å². The largest absolute Gasteiger partial charge is 0.484 e. The summed E-state index contributed by atoms with van der Waals surface area (Å²) in [5.41, 5.74) is 3.25. The molecule has 1 atom stereocenters. The van der Waals surface area contributed by atoms with Crippen LogP contribution in [0.3, 0.4) is 0 Å². The second kappa shape index (κ2) is 11.5. The van der Waals surface area contributed by atoms with E-state index in [0.717, 1.165) is 41.3 Å². The Hall–Kier alpha value is -2.34. The topological polar surface area (TPSA) is 58.6 Å². The van der Waals surface area contributed by atoms with Crippen molar-refractivity contribution in [3.8, 4) is 5.75 Å². The number of carbonyl (C=O) groups is 2. The predicted octanol–water partition coefficient (Wildman–Crippen LogP) is 5.31. The number of rotatable bonds is 8. The molecule has 2 aromatic rings. The van der Waals surface area contributed by atoms with Crippen LogP contribution in [0.4, 0.5) is 0 Å². The minimum absolute atomic E-state index is 0.103. The van der Waals surface area contributed by atoms with Crippen molar-refractivity contribution in [3.05, 3.63) is 63.6 Å². The lowest BCUT2D eigenvalue weighted by Gasteiger charge is -2.31. The summed E-state index contributed by atoms with van der Waals surface area (Å²) in [5, 5.41) is 3.16. The Bertz CT molecular complexity index is 923. The van der Waals surface area contributed by atoms with Gasteiger partial charge in [-0.15, -0.1) is 0 Å². The molecule has 0 aliphatic heterocycles. The monoisotopic (exact) mass is 500 g/mol. The molecule has 0 bridgehead atoms. The second-order valence-electron chi connectivity index (χ2n) is 8.70. The van der Waals surface area contributed by atoms with Crippen LogP contribution in [0, 0.1) is 13.8 Å². The molecule has 1 aliphatic rings. The van der Waals surface area contributed by atoms with E-state index >= 15 is 0 Å². The predicted molar refractivity (Wildman–Crippen MR) is 131 cm³/mol. The van der Waals surface area contributed by atoms with Gasteiger partial charge in [0.15, 0.2) is 6.61 Å². The molecule has 0 unspecified atom stereocenters. The quantitative estimate of drug-likeness (QED) is 0.534. The van der Waals surface area contributed by atoms with Crippen molar-refractivity contribution in [2.45, 2.75) is 71.5 Å². The van der Waals surface area contributed by atoms with Crippen molar-refractivity contribution in [2.75, 3.05) is 6.61 Å². The molecule has 172 valence electrons.